The highest BCUT2D eigenvalue weighted by atomic mass is 79.9. The van der Waals surface area contributed by atoms with Gasteiger partial charge in [-0.15, -0.1) is 0 Å². The Morgan fingerprint density at radius 2 is 1.86 bits per heavy atom. The number of benzene rings is 2. The first kappa shape index (κ1) is 19.1. The fourth-order valence-electron chi connectivity index (χ4n) is 3.57. The molecule has 0 aliphatic carbocycles. The van der Waals surface area contributed by atoms with Crippen LogP contribution in [0, 0.1) is 0 Å². The van der Waals surface area contributed by atoms with Crippen molar-refractivity contribution in [1.29, 1.82) is 0 Å². The Morgan fingerprint density at radius 1 is 1.14 bits per heavy atom. The molecule has 0 atom stereocenters. The summed E-state index contributed by atoms with van der Waals surface area (Å²) in [6, 6.07) is 17.3. The summed E-state index contributed by atoms with van der Waals surface area (Å²) in [5, 5.41) is 12.2. The Balaban J connectivity index is 1.52. The number of aromatic nitrogens is 1. The molecule has 1 saturated heterocycles. The Bertz CT molecular complexity index is 985. The number of fused-ring (bicyclic) bond motifs is 1. The molecule has 1 amide bonds. The molecule has 4 rings (SSSR count). The number of para-hydroxylation sites is 1. The number of hydroxylamine groups is 2. The van der Waals surface area contributed by atoms with Gasteiger partial charge in [-0.25, -0.2) is 10.0 Å². The molecule has 2 aromatic carbocycles. The monoisotopic (exact) mass is 440 g/mol. The number of carbonyl (C=O) groups excluding carboxylic acids is 1. The van der Waals surface area contributed by atoms with Gasteiger partial charge in [0, 0.05) is 24.2 Å². The number of nitrogens with zero attached hydrogens (tertiary/aromatic N) is 2. The zero-order chi connectivity index (χ0) is 19.5. The topological polar surface area (TPSA) is 62.7 Å². The Labute approximate surface area is 172 Å². The number of pyridine rings is 1. The molecule has 0 spiro atoms. The number of amides is 1. The SMILES string of the molecule is O=C(c1ccc(Cc2cc(Br)nc3ccccc23)cc1)N(O)C1CCOCC1. The summed E-state index contributed by atoms with van der Waals surface area (Å²) in [5.41, 5.74) is 3.70. The number of hydrogen-bond acceptors (Lipinski definition) is 4. The molecule has 28 heavy (non-hydrogen) atoms. The van der Waals surface area contributed by atoms with Crippen molar-refractivity contribution in [3.05, 3.63) is 75.9 Å². The van der Waals surface area contributed by atoms with Crippen LogP contribution < -0.4 is 0 Å². The Morgan fingerprint density at radius 3 is 2.61 bits per heavy atom. The van der Waals surface area contributed by atoms with Crippen LogP contribution >= 0.6 is 15.9 Å². The van der Waals surface area contributed by atoms with Gasteiger partial charge in [-0.3, -0.25) is 10.0 Å². The van der Waals surface area contributed by atoms with Gasteiger partial charge in [0.1, 0.15) is 4.60 Å². The fraction of sp³-hybridized carbons (Fsp3) is 0.273. The van der Waals surface area contributed by atoms with Gasteiger partial charge in [0.25, 0.3) is 5.91 Å². The van der Waals surface area contributed by atoms with Gasteiger partial charge in [-0.2, -0.15) is 0 Å². The third kappa shape index (κ3) is 4.09. The van der Waals surface area contributed by atoms with Crippen LogP contribution in [0.2, 0.25) is 0 Å². The smallest absolute Gasteiger partial charge is 0.277 e. The molecule has 0 saturated carbocycles. The summed E-state index contributed by atoms with van der Waals surface area (Å²) >= 11 is 3.48. The number of hydrogen-bond donors (Lipinski definition) is 1. The highest BCUT2D eigenvalue weighted by molar-refractivity contribution is 9.10. The van der Waals surface area contributed by atoms with Crippen molar-refractivity contribution in [2.24, 2.45) is 0 Å². The fourth-order valence-corrected chi connectivity index (χ4v) is 4.04. The minimum Gasteiger partial charge on any atom is -0.381 e. The molecule has 1 aromatic heterocycles. The van der Waals surface area contributed by atoms with Gasteiger partial charge in [0.15, 0.2) is 0 Å². The summed E-state index contributed by atoms with van der Waals surface area (Å²) in [6.07, 6.45) is 2.05. The van der Waals surface area contributed by atoms with E-state index in [9.17, 15) is 10.0 Å². The highest BCUT2D eigenvalue weighted by Gasteiger charge is 2.25. The van der Waals surface area contributed by atoms with Crippen LogP contribution in [0.3, 0.4) is 0 Å². The molecular formula is C22H21BrN2O3. The van der Waals surface area contributed by atoms with E-state index in [0.29, 0.717) is 31.6 Å². The van der Waals surface area contributed by atoms with Gasteiger partial charge in [0.05, 0.1) is 11.6 Å². The third-order valence-electron chi connectivity index (χ3n) is 5.11. The average molecular weight is 441 g/mol. The minimum atomic E-state index is -0.365. The second kappa shape index (κ2) is 8.39. The van der Waals surface area contributed by atoms with Crippen molar-refractivity contribution >= 4 is 32.7 Å². The molecule has 144 valence electrons. The third-order valence-corrected chi connectivity index (χ3v) is 5.52. The summed E-state index contributed by atoms with van der Waals surface area (Å²) in [5.74, 6) is -0.365. The van der Waals surface area contributed by atoms with Gasteiger partial charge in [-0.1, -0.05) is 30.3 Å². The summed E-state index contributed by atoms with van der Waals surface area (Å²) in [4.78, 5) is 17.1. The van der Waals surface area contributed by atoms with Gasteiger partial charge in [0.2, 0.25) is 0 Å². The van der Waals surface area contributed by atoms with E-state index in [1.54, 1.807) is 12.1 Å². The maximum Gasteiger partial charge on any atom is 0.277 e. The van der Waals surface area contributed by atoms with Crippen molar-refractivity contribution in [3.63, 3.8) is 0 Å². The van der Waals surface area contributed by atoms with Gasteiger partial charge in [-0.05, 0) is 70.6 Å². The number of carbonyl (C=O) groups is 1. The predicted molar refractivity (Wildman–Crippen MR) is 110 cm³/mol. The van der Waals surface area contributed by atoms with E-state index in [4.69, 9.17) is 4.74 Å². The number of rotatable bonds is 4. The number of ether oxygens (including phenoxy) is 1. The zero-order valence-corrected chi connectivity index (χ0v) is 16.9. The molecule has 0 unspecified atom stereocenters. The lowest BCUT2D eigenvalue weighted by atomic mass is 10.00. The van der Waals surface area contributed by atoms with Crippen LogP contribution in [0.4, 0.5) is 0 Å². The molecule has 1 aliphatic rings. The lowest BCUT2D eigenvalue weighted by Gasteiger charge is -2.29. The second-order valence-corrected chi connectivity index (χ2v) is 7.80. The molecule has 1 N–H and O–H groups in total. The number of halogens is 1. The van der Waals surface area contributed by atoms with Crippen LogP contribution in [0.15, 0.2) is 59.2 Å². The average Bonchev–Trinajstić information content (AvgIpc) is 2.74. The molecule has 1 fully saturated rings. The molecule has 0 radical (unpaired) electrons. The van der Waals surface area contributed by atoms with E-state index in [0.717, 1.165) is 32.6 Å². The summed E-state index contributed by atoms with van der Waals surface area (Å²) < 4.78 is 6.10. The zero-order valence-electron chi connectivity index (χ0n) is 15.3. The van der Waals surface area contributed by atoms with Crippen LogP contribution in [0.1, 0.15) is 34.3 Å². The molecule has 6 heteroatoms. The van der Waals surface area contributed by atoms with Crippen molar-refractivity contribution < 1.29 is 14.7 Å². The van der Waals surface area contributed by atoms with Gasteiger partial charge < -0.3 is 4.74 Å². The molecule has 5 nitrogen and oxygen atoms in total. The van der Waals surface area contributed by atoms with Crippen molar-refractivity contribution in [1.82, 2.24) is 10.0 Å². The summed E-state index contributed by atoms with van der Waals surface area (Å²) in [7, 11) is 0. The van der Waals surface area contributed by atoms with Gasteiger partial charge >= 0.3 is 0 Å². The first-order valence-electron chi connectivity index (χ1n) is 9.35. The van der Waals surface area contributed by atoms with Crippen LogP contribution in [-0.2, 0) is 11.2 Å². The largest absolute Gasteiger partial charge is 0.381 e. The molecular weight excluding hydrogens is 420 g/mol. The quantitative estimate of drug-likeness (QED) is 0.365. The summed E-state index contributed by atoms with van der Waals surface area (Å²) in [6.45, 7) is 1.15. The maximum atomic E-state index is 12.6. The Kier molecular flexibility index (Phi) is 5.71. The van der Waals surface area contributed by atoms with E-state index in [1.807, 2.05) is 36.4 Å². The van der Waals surface area contributed by atoms with E-state index >= 15 is 0 Å². The first-order valence-corrected chi connectivity index (χ1v) is 10.1. The predicted octanol–water partition coefficient (Wildman–Crippen LogP) is 4.60. The first-order chi connectivity index (χ1) is 13.6. The van der Waals surface area contributed by atoms with Crippen molar-refractivity contribution in [2.45, 2.75) is 25.3 Å². The van der Waals surface area contributed by atoms with E-state index in [2.05, 4.69) is 27.0 Å². The maximum absolute atomic E-state index is 12.6. The highest BCUT2D eigenvalue weighted by Crippen LogP contribution is 2.24. The molecule has 3 aromatic rings. The van der Waals surface area contributed by atoms with Crippen molar-refractivity contribution in [3.8, 4) is 0 Å². The molecule has 2 heterocycles. The van der Waals surface area contributed by atoms with Crippen LogP contribution in [0.5, 0.6) is 0 Å². The minimum absolute atomic E-state index is 0.179. The van der Waals surface area contributed by atoms with E-state index in [-0.39, 0.29) is 11.9 Å². The van der Waals surface area contributed by atoms with E-state index < -0.39 is 0 Å². The normalized spacial score (nSPS) is 14.9. The lowest BCUT2D eigenvalue weighted by molar-refractivity contribution is -0.112. The second-order valence-electron chi connectivity index (χ2n) is 6.99. The Hall–Kier alpha value is -2.28. The lowest BCUT2D eigenvalue weighted by Crippen LogP contribution is -2.41. The standard InChI is InChI=1S/C22H21BrN2O3/c23-21-14-17(19-3-1-2-4-20(19)24-21)13-15-5-7-16(8-6-15)22(26)25(27)18-9-11-28-12-10-18/h1-8,14,18,27H,9-13H2. The van der Waals surface area contributed by atoms with E-state index in [1.165, 1.54) is 5.56 Å². The van der Waals surface area contributed by atoms with Crippen molar-refractivity contribution in [2.75, 3.05) is 13.2 Å². The van der Waals surface area contributed by atoms with Crippen LogP contribution in [0.25, 0.3) is 10.9 Å². The van der Waals surface area contributed by atoms with Crippen LogP contribution in [-0.4, -0.2) is 40.4 Å². The molecule has 1 aliphatic heterocycles. The molecule has 0 bridgehead atoms.